The first-order valence-electron chi connectivity index (χ1n) is 7.14. The number of nitrogens with one attached hydrogen (secondary N) is 1. The summed E-state index contributed by atoms with van der Waals surface area (Å²) in [7, 11) is -3.24. The standard InChI is InChI=1S/C12H25N3O2S/c1-2-12-6-4-3-5-9-15(12)18(16,17)14-10-7-13-8-11-14/h12-13H,2-11H2,1H3. The van der Waals surface area contributed by atoms with Crippen molar-refractivity contribution in [1.29, 1.82) is 0 Å². The van der Waals surface area contributed by atoms with Gasteiger partial charge in [0.1, 0.15) is 0 Å². The summed E-state index contributed by atoms with van der Waals surface area (Å²) in [5.41, 5.74) is 0. The Morgan fingerprint density at radius 2 is 1.83 bits per heavy atom. The van der Waals surface area contributed by atoms with E-state index in [0.717, 1.165) is 45.2 Å². The Morgan fingerprint density at radius 1 is 1.11 bits per heavy atom. The summed E-state index contributed by atoms with van der Waals surface area (Å²) in [6.45, 7) is 5.54. The fraction of sp³-hybridized carbons (Fsp3) is 1.00. The maximum absolute atomic E-state index is 12.7. The molecule has 2 heterocycles. The fourth-order valence-electron chi connectivity index (χ4n) is 2.89. The first-order valence-corrected chi connectivity index (χ1v) is 8.53. The van der Waals surface area contributed by atoms with Crippen LogP contribution in [0, 0.1) is 0 Å². The van der Waals surface area contributed by atoms with Crippen molar-refractivity contribution in [2.45, 2.75) is 45.1 Å². The Bertz CT molecular complexity index is 352. The van der Waals surface area contributed by atoms with Crippen LogP contribution in [0.5, 0.6) is 0 Å². The molecule has 0 amide bonds. The fourth-order valence-corrected chi connectivity index (χ4v) is 4.82. The van der Waals surface area contributed by atoms with Gasteiger partial charge < -0.3 is 5.32 Å². The molecule has 18 heavy (non-hydrogen) atoms. The molecular formula is C12H25N3O2S. The van der Waals surface area contributed by atoms with Crippen LogP contribution in [-0.4, -0.2) is 55.8 Å². The first-order chi connectivity index (χ1) is 8.66. The van der Waals surface area contributed by atoms with Crippen molar-refractivity contribution in [1.82, 2.24) is 13.9 Å². The molecule has 1 unspecified atom stereocenters. The van der Waals surface area contributed by atoms with Crippen LogP contribution in [0.4, 0.5) is 0 Å². The van der Waals surface area contributed by atoms with Gasteiger partial charge >= 0.3 is 0 Å². The molecule has 1 atom stereocenters. The molecule has 0 spiro atoms. The van der Waals surface area contributed by atoms with Crippen molar-refractivity contribution in [3.63, 3.8) is 0 Å². The van der Waals surface area contributed by atoms with Crippen LogP contribution in [0.15, 0.2) is 0 Å². The van der Waals surface area contributed by atoms with Crippen molar-refractivity contribution < 1.29 is 8.42 Å². The predicted molar refractivity (Wildman–Crippen MR) is 72.6 cm³/mol. The van der Waals surface area contributed by atoms with Crippen molar-refractivity contribution >= 4 is 10.2 Å². The molecule has 0 aliphatic carbocycles. The van der Waals surface area contributed by atoms with Crippen molar-refractivity contribution in [3.8, 4) is 0 Å². The Hall–Kier alpha value is -0.170. The molecule has 0 aromatic heterocycles. The summed E-state index contributed by atoms with van der Waals surface area (Å²) in [4.78, 5) is 0. The van der Waals surface area contributed by atoms with Crippen LogP contribution in [0.3, 0.4) is 0 Å². The van der Waals surface area contributed by atoms with E-state index in [-0.39, 0.29) is 6.04 Å². The lowest BCUT2D eigenvalue weighted by molar-refractivity contribution is 0.268. The van der Waals surface area contributed by atoms with E-state index < -0.39 is 10.2 Å². The molecule has 0 aromatic rings. The molecule has 2 fully saturated rings. The molecule has 5 nitrogen and oxygen atoms in total. The highest BCUT2D eigenvalue weighted by Crippen LogP contribution is 2.24. The summed E-state index contributed by atoms with van der Waals surface area (Å²) in [6.07, 6.45) is 5.26. The highest BCUT2D eigenvalue weighted by atomic mass is 32.2. The zero-order valence-electron chi connectivity index (χ0n) is 11.3. The highest BCUT2D eigenvalue weighted by Gasteiger charge is 2.35. The van der Waals surface area contributed by atoms with E-state index in [4.69, 9.17) is 0 Å². The predicted octanol–water partition coefficient (Wildman–Crippen LogP) is 0.791. The maximum Gasteiger partial charge on any atom is 0.282 e. The van der Waals surface area contributed by atoms with Gasteiger partial charge in [0.2, 0.25) is 0 Å². The molecule has 0 saturated carbocycles. The molecule has 2 saturated heterocycles. The van der Waals surface area contributed by atoms with Gasteiger partial charge in [-0.25, -0.2) is 0 Å². The smallest absolute Gasteiger partial charge is 0.282 e. The molecule has 2 rings (SSSR count). The lowest BCUT2D eigenvalue weighted by Gasteiger charge is -2.35. The third-order valence-electron chi connectivity index (χ3n) is 3.99. The van der Waals surface area contributed by atoms with Gasteiger partial charge in [0.05, 0.1) is 0 Å². The topological polar surface area (TPSA) is 52.7 Å². The molecule has 2 aliphatic rings. The van der Waals surface area contributed by atoms with Crippen LogP contribution in [-0.2, 0) is 10.2 Å². The number of hydrogen-bond acceptors (Lipinski definition) is 3. The van der Waals surface area contributed by atoms with Gasteiger partial charge in [-0.3, -0.25) is 0 Å². The van der Waals surface area contributed by atoms with E-state index in [0.29, 0.717) is 19.6 Å². The van der Waals surface area contributed by atoms with Gasteiger partial charge in [-0.05, 0) is 19.3 Å². The van der Waals surface area contributed by atoms with Crippen LogP contribution in [0.2, 0.25) is 0 Å². The molecule has 2 aliphatic heterocycles. The van der Waals surface area contributed by atoms with Crippen molar-refractivity contribution in [3.05, 3.63) is 0 Å². The second-order valence-electron chi connectivity index (χ2n) is 5.18. The second-order valence-corrected chi connectivity index (χ2v) is 7.06. The molecule has 0 bridgehead atoms. The van der Waals surface area contributed by atoms with Gasteiger partial charge in [0, 0.05) is 38.8 Å². The third kappa shape index (κ3) is 3.04. The second kappa shape index (κ2) is 6.32. The monoisotopic (exact) mass is 275 g/mol. The van der Waals surface area contributed by atoms with Crippen molar-refractivity contribution in [2.24, 2.45) is 0 Å². The van der Waals surface area contributed by atoms with Crippen molar-refractivity contribution in [2.75, 3.05) is 32.7 Å². The Labute approximate surface area is 111 Å². The van der Waals surface area contributed by atoms with Crippen LogP contribution < -0.4 is 5.32 Å². The van der Waals surface area contributed by atoms with Crippen LogP contribution >= 0.6 is 0 Å². The molecule has 6 heteroatoms. The Balaban J connectivity index is 2.14. The maximum atomic E-state index is 12.7. The van der Waals surface area contributed by atoms with Gasteiger partial charge in [-0.1, -0.05) is 19.8 Å². The van der Waals surface area contributed by atoms with E-state index in [1.165, 1.54) is 0 Å². The summed E-state index contributed by atoms with van der Waals surface area (Å²) in [5, 5.41) is 3.20. The Morgan fingerprint density at radius 3 is 2.50 bits per heavy atom. The lowest BCUT2D eigenvalue weighted by Crippen LogP contribution is -2.54. The molecule has 1 N–H and O–H groups in total. The lowest BCUT2D eigenvalue weighted by atomic mass is 10.1. The third-order valence-corrected chi connectivity index (χ3v) is 6.08. The number of nitrogens with zero attached hydrogens (tertiary/aromatic N) is 2. The minimum Gasteiger partial charge on any atom is -0.314 e. The quantitative estimate of drug-likeness (QED) is 0.828. The zero-order valence-corrected chi connectivity index (χ0v) is 12.1. The average Bonchev–Trinajstić information content (AvgIpc) is 2.65. The highest BCUT2D eigenvalue weighted by molar-refractivity contribution is 7.86. The summed E-state index contributed by atoms with van der Waals surface area (Å²) in [5.74, 6) is 0. The summed E-state index contributed by atoms with van der Waals surface area (Å²) < 4.78 is 28.8. The first kappa shape index (κ1) is 14.2. The molecule has 0 radical (unpaired) electrons. The minimum absolute atomic E-state index is 0.201. The number of hydrogen-bond donors (Lipinski definition) is 1. The van der Waals surface area contributed by atoms with E-state index in [2.05, 4.69) is 12.2 Å². The zero-order chi connectivity index (χ0) is 13.0. The van der Waals surface area contributed by atoms with E-state index in [1.54, 1.807) is 8.61 Å². The average molecular weight is 275 g/mol. The number of piperazine rings is 1. The van der Waals surface area contributed by atoms with Gasteiger partial charge in [-0.15, -0.1) is 0 Å². The van der Waals surface area contributed by atoms with Crippen LogP contribution in [0.25, 0.3) is 0 Å². The summed E-state index contributed by atoms with van der Waals surface area (Å²) >= 11 is 0. The molecular weight excluding hydrogens is 250 g/mol. The normalized spacial score (nSPS) is 29.1. The SMILES string of the molecule is CCC1CCCCCN1S(=O)(=O)N1CCNCC1. The molecule has 106 valence electrons. The Kier molecular flexibility index (Phi) is 5.00. The summed E-state index contributed by atoms with van der Waals surface area (Å²) in [6, 6.07) is 0.201. The van der Waals surface area contributed by atoms with Crippen LogP contribution in [0.1, 0.15) is 39.0 Å². The molecule has 0 aromatic carbocycles. The van der Waals surface area contributed by atoms with E-state index in [1.807, 2.05) is 0 Å². The minimum atomic E-state index is -3.24. The van der Waals surface area contributed by atoms with Gasteiger partial charge in [0.15, 0.2) is 0 Å². The van der Waals surface area contributed by atoms with E-state index in [9.17, 15) is 8.42 Å². The number of rotatable bonds is 3. The van der Waals surface area contributed by atoms with Gasteiger partial charge in [0.25, 0.3) is 10.2 Å². The van der Waals surface area contributed by atoms with Gasteiger partial charge in [-0.2, -0.15) is 17.0 Å². The van der Waals surface area contributed by atoms with E-state index >= 15 is 0 Å². The largest absolute Gasteiger partial charge is 0.314 e.